The summed E-state index contributed by atoms with van der Waals surface area (Å²) in [5.41, 5.74) is 2.37. The summed E-state index contributed by atoms with van der Waals surface area (Å²) in [7, 11) is 3.31. The van der Waals surface area contributed by atoms with E-state index in [-0.39, 0.29) is 11.6 Å². The van der Waals surface area contributed by atoms with Gasteiger partial charge in [0.05, 0.1) is 52.3 Å². The Morgan fingerprint density at radius 2 is 1.68 bits per heavy atom. The summed E-state index contributed by atoms with van der Waals surface area (Å²) in [6, 6.07) is 7.12. The quantitative estimate of drug-likeness (QED) is 0.321. The van der Waals surface area contributed by atoms with Crippen molar-refractivity contribution >= 4 is 64.9 Å². The third kappa shape index (κ3) is 7.15. The van der Waals surface area contributed by atoms with Crippen molar-refractivity contribution < 1.29 is 18.3 Å². The molecule has 0 spiro atoms. The summed E-state index contributed by atoms with van der Waals surface area (Å²) in [4.78, 5) is 3.97. The SMILES string of the molecule is COCCBr.COCCn1ncc2c(F)c(Br)ccc21.Fc1c(Br)ccc2c1C=NC2. The predicted octanol–water partition coefficient (Wildman–Crippen LogP) is 6.13. The van der Waals surface area contributed by atoms with Gasteiger partial charge >= 0.3 is 0 Å². The van der Waals surface area contributed by atoms with E-state index in [0.29, 0.717) is 39.6 Å². The van der Waals surface area contributed by atoms with Crippen LogP contribution in [0.2, 0.25) is 0 Å². The maximum absolute atomic E-state index is 13.6. The van der Waals surface area contributed by atoms with Crippen LogP contribution in [-0.4, -0.2) is 48.8 Å². The van der Waals surface area contributed by atoms with Crippen LogP contribution in [0, 0.1) is 11.6 Å². The molecule has 168 valence electrons. The third-order valence-corrected chi connectivity index (χ3v) is 5.76. The molecule has 0 saturated heterocycles. The molecule has 31 heavy (non-hydrogen) atoms. The zero-order valence-electron chi connectivity index (χ0n) is 17.0. The van der Waals surface area contributed by atoms with Crippen LogP contribution in [0.3, 0.4) is 0 Å². The van der Waals surface area contributed by atoms with Crippen molar-refractivity contribution in [3.63, 3.8) is 0 Å². The average molecular weight is 626 g/mol. The number of alkyl halides is 1. The molecule has 1 aliphatic rings. The van der Waals surface area contributed by atoms with Crippen LogP contribution in [0.1, 0.15) is 11.1 Å². The van der Waals surface area contributed by atoms with Gasteiger partial charge in [0.2, 0.25) is 0 Å². The number of nitrogens with zero attached hydrogens (tertiary/aromatic N) is 3. The number of fused-ring (bicyclic) bond motifs is 2. The average Bonchev–Trinajstić information content (AvgIpc) is 3.41. The van der Waals surface area contributed by atoms with Crippen LogP contribution >= 0.6 is 47.8 Å². The largest absolute Gasteiger partial charge is 0.384 e. The van der Waals surface area contributed by atoms with E-state index in [2.05, 4.69) is 62.6 Å². The molecule has 1 aromatic heterocycles. The zero-order chi connectivity index (χ0) is 22.8. The molecule has 0 fully saturated rings. The lowest BCUT2D eigenvalue weighted by molar-refractivity contribution is 0.185. The first-order chi connectivity index (χ1) is 14.9. The molecule has 0 amide bonds. The highest BCUT2D eigenvalue weighted by atomic mass is 79.9. The number of methoxy groups -OCH3 is 2. The Kier molecular flexibility index (Phi) is 11.2. The van der Waals surface area contributed by atoms with Gasteiger partial charge in [-0.3, -0.25) is 9.67 Å². The molecule has 2 heterocycles. The van der Waals surface area contributed by atoms with Gasteiger partial charge in [-0.15, -0.1) is 0 Å². The molecule has 1 aliphatic heterocycles. The minimum absolute atomic E-state index is 0.205. The smallest absolute Gasteiger partial charge is 0.148 e. The highest BCUT2D eigenvalue weighted by molar-refractivity contribution is 9.10. The van der Waals surface area contributed by atoms with Gasteiger partial charge in [0.15, 0.2) is 0 Å². The predicted molar refractivity (Wildman–Crippen MR) is 130 cm³/mol. The van der Waals surface area contributed by atoms with Crippen LogP contribution < -0.4 is 0 Å². The Morgan fingerprint density at radius 1 is 1.00 bits per heavy atom. The second-order valence-electron chi connectivity index (χ2n) is 6.24. The molecular formula is C21H22Br3F2N3O2. The molecule has 0 bridgehead atoms. The van der Waals surface area contributed by atoms with E-state index in [1.165, 1.54) is 6.20 Å². The Hall–Kier alpha value is -1.20. The molecule has 0 radical (unpaired) electrons. The van der Waals surface area contributed by atoms with Crippen LogP contribution in [0.25, 0.3) is 10.9 Å². The van der Waals surface area contributed by atoms with Crippen molar-refractivity contribution in [3.8, 4) is 0 Å². The topological polar surface area (TPSA) is 48.6 Å². The fourth-order valence-electron chi connectivity index (χ4n) is 2.65. The highest BCUT2D eigenvalue weighted by Crippen LogP contribution is 2.25. The molecule has 0 atom stereocenters. The standard InChI is InChI=1S/C10H10BrFN2O.C8H5BrFN.C3H7BrO/c1-15-5-4-14-9-3-2-8(11)10(12)7(9)6-13-14;9-7-2-1-5-3-11-4-6(5)8(7)10;1-5-3-2-4/h2-3,6H,4-5H2,1H3;1-2,4H,3H2;2-3H2,1H3. The second kappa shape index (κ2) is 13.4. The van der Waals surface area contributed by atoms with Gasteiger partial charge in [-0.1, -0.05) is 22.0 Å². The van der Waals surface area contributed by atoms with Gasteiger partial charge in [0, 0.05) is 31.3 Å². The van der Waals surface area contributed by atoms with E-state index in [0.717, 1.165) is 23.0 Å². The van der Waals surface area contributed by atoms with Crippen molar-refractivity contribution in [2.24, 2.45) is 4.99 Å². The Balaban J connectivity index is 0.000000187. The first kappa shape index (κ1) is 26.1. The zero-order valence-corrected chi connectivity index (χ0v) is 21.8. The molecule has 4 rings (SSSR count). The summed E-state index contributed by atoms with van der Waals surface area (Å²) in [5.74, 6) is -0.472. The first-order valence-corrected chi connectivity index (χ1v) is 11.9. The normalized spacial score (nSPS) is 11.6. The maximum atomic E-state index is 13.6. The number of ether oxygens (including phenoxy) is 2. The second-order valence-corrected chi connectivity index (χ2v) is 8.74. The number of benzene rings is 2. The van der Waals surface area contributed by atoms with Crippen molar-refractivity contribution in [2.45, 2.75) is 13.1 Å². The van der Waals surface area contributed by atoms with Crippen molar-refractivity contribution in [1.29, 1.82) is 0 Å². The number of hydrogen-bond donors (Lipinski definition) is 0. The fraction of sp³-hybridized carbons (Fsp3) is 0.333. The molecule has 0 saturated carbocycles. The van der Waals surface area contributed by atoms with Gasteiger partial charge in [0.25, 0.3) is 0 Å². The van der Waals surface area contributed by atoms with Crippen molar-refractivity contribution in [3.05, 3.63) is 62.2 Å². The van der Waals surface area contributed by atoms with E-state index in [9.17, 15) is 8.78 Å². The number of aliphatic imine (C=N–C) groups is 1. The molecule has 0 aliphatic carbocycles. The highest BCUT2D eigenvalue weighted by Gasteiger charge is 2.13. The molecule has 2 aromatic carbocycles. The third-order valence-electron chi connectivity index (χ3n) is 4.21. The van der Waals surface area contributed by atoms with Gasteiger partial charge in [0.1, 0.15) is 11.6 Å². The van der Waals surface area contributed by atoms with Gasteiger partial charge in [-0.05, 0) is 55.6 Å². The minimum atomic E-state index is -0.267. The number of halogens is 5. The van der Waals surface area contributed by atoms with E-state index >= 15 is 0 Å². The van der Waals surface area contributed by atoms with Gasteiger partial charge < -0.3 is 9.47 Å². The summed E-state index contributed by atoms with van der Waals surface area (Å²) >= 11 is 9.44. The monoisotopic (exact) mass is 623 g/mol. The Bertz CT molecular complexity index is 1030. The van der Waals surface area contributed by atoms with Crippen LogP contribution in [0.5, 0.6) is 0 Å². The first-order valence-electron chi connectivity index (χ1n) is 9.24. The molecule has 5 nitrogen and oxygen atoms in total. The minimum Gasteiger partial charge on any atom is -0.384 e. The maximum Gasteiger partial charge on any atom is 0.148 e. The molecule has 10 heteroatoms. The van der Waals surface area contributed by atoms with E-state index in [4.69, 9.17) is 4.74 Å². The molecular weight excluding hydrogens is 604 g/mol. The lowest BCUT2D eigenvalue weighted by Crippen LogP contribution is -2.05. The van der Waals surface area contributed by atoms with Gasteiger partial charge in [-0.25, -0.2) is 8.78 Å². The Labute approximate surface area is 205 Å². The number of hydrogen-bond acceptors (Lipinski definition) is 4. The lowest BCUT2D eigenvalue weighted by atomic mass is 10.1. The molecule has 0 N–H and O–H groups in total. The van der Waals surface area contributed by atoms with E-state index in [1.54, 1.807) is 37.2 Å². The molecule has 0 unspecified atom stereocenters. The van der Waals surface area contributed by atoms with Crippen LogP contribution in [0.15, 0.2) is 44.4 Å². The van der Waals surface area contributed by atoms with Gasteiger partial charge in [-0.2, -0.15) is 5.10 Å². The summed E-state index contributed by atoms with van der Waals surface area (Å²) < 4.78 is 39.1. The van der Waals surface area contributed by atoms with Crippen LogP contribution in [0.4, 0.5) is 8.78 Å². The summed E-state index contributed by atoms with van der Waals surface area (Å²) in [6.45, 7) is 2.61. The van der Waals surface area contributed by atoms with E-state index in [1.807, 2.05) is 12.1 Å². The summed E-state index contributed by atoms with van der Waals surface area (Å²) in [5, 5.41) is 5.57. The number of rotatable bonds is 5. The Morgan fingerprint density at radius 3 is 2.32 bits per heavy atom. The van der Waals surface area contributed by atoms with Crippen molar-refractivity contribution in [1.82, 2.24) is 9.78 Å². The van der Waals surface area contributed by atoms with Crippen molar-refractivity contribution in [2.75, 3.05) is 32.8 Å². The van der Waals surface area contributed by atoms with Crippen LogP contribution in [-0.2, 0) is 22.6 Å². The summed E-state index contributed by atoms with van der Waals surface area (Å²) in [6.07, 6.45) is 3.11. The number of aromatic nitrogens is 2. The molecule has 3 aromatic rings. The lowest BCUT2D eigenvalue weighted by Gasteiger charge is -2.02. The fourth-order valence-corrected chi connectivity index (χ4v) is 3.66. The van der Waals surface area contributed by atoms with E-state index < -0.39 is 0 Å².